The van der Waals surface area contributed by atoms with Gasteiger partial charge in [-0.2, -0.15) is 0 Å². The van der Waals surface area contributed by atoms with E-state index in [4.69, 9.17) is 32.0 Å². The summed E-state index contributed by atoms with van der Waals surface area (Å²) in [6, 6.07) is 6.53. The third-order valence-electron chi connectivity index (χ3n) is 1.86. The maximum atomic E-state index is 10.00. The highest BCUT2D eigenvalue weighted by Crippen LogP contribution is 2.07. The van der Waals surface area contributed by atoms with E-state index in [2.05, 4.69) is 0 Å². The Morgan fingerprint density at radius 3 is 1.39 bits per heavy atom. The average molecular weight is 289 g/mol. The monoisotopic (exact) mass is 288 g/mol. The normalized spacial score (nSPS) is 9.44. The van der Waals surface area contributed by atoms with Crippen LogP contribution in [0.15, 0.2) is 33.1 Å². The van der Waals surface area contributed by atoms with Crippen molar-refractivity contribution in [2.45, 2.75) is 11.8 Å². The first-order valence-corrected chi connectivity index (χ1v) is 6.00. The van der Waals surface area contributed by atoms with Gasteiger partial charge in [0.1, 0.15) is 11.5 Å². The minimum Gasteiger partial charge on any atom is -0.457 e. The lowest BCUT2D eigenvalue weighted by Gasteiger charge is -1.81. The molecule has 18 heavy (non-hydrogen) atoms. The molecular formula is C12H10Cl2O4. The smallest absolute Gasteiger partial charge is 0.185 e. The van der Waals surface area contributed by atoms with Gasteiger partial charge in [-0.05, 0) is 24.3 Å². The molecule has 0 aliphatic carbocycles. The minimum absolute atomic E-state index is 0.313. The molecule has 0 amide bonds. The number of rotatable bonds is 4. The van der Waals surface area contributed by atoms with E-state index < -0.39 is 0 Å². The highest BCUT2D eigenvalue weighted by Gasteiger charge is 1.97. The van der Waals surface area contributed by atoms with E-state index in [0.29, 0.717) is 47.4 Å². The molecule has 0 saturated heterocycles. The van der Waals surface area contributed by atoms with Gasteiger partial charge in [0, 0.05) is 0 Å². The van der Waals surface area contributed by atoms with E-state index in [1.165, 1.54) is 0 Å². The molecule has 2 rings (SSSR count). The van der Waals surface area contributed by atoms with Crippen LogP contribution in [0.1, 0.15) is 32.6 Å². The van der Waals surface area contributed by atoms with Crippen molar-refractivity contribution >= 4 is 35.8 Å². The molecule has 0 bridgehead atoms. The maximum Gasteiger partial charge on any atom is 0.185 e. The Morgan fingerprint density at radius 1 is 0.833 bits per heavy atom. The third-order valence-corrected chi connectivity index (χ3v) is 2.39. The third kappa shape index (κ3) is 4.39. The SMILES string of the molecule is O=Cc1ccc(CCl)o1.O=Cc1ccc(CCl)o1. The highest BCUT2D eigenvalue weighted by molar-refractivity contribution is 6.17. The first-order chi connectivity index (χ1) is 8.73. The molecule has 96 valence electrons. The van der Waals surface area contributed by atoms with Crippen LogP contribution in [0.4, 0.5) is 0 Å². The molecule has 0 aliphatic rings. The van der Waals surface area contributed by atoms with E-state index in [0.717, 1.165) is 0 Å². The Balaban J connectivity index is 0.000000180. The second kappa shape index (κ2) is 7.74. The fraction of sp³-hybridized carbons (Fsp3) is 0.167. The lowest BCUT2D eigenvalue weighted by atomic mass is 10.4. The molecule has 0 aliphatic heterocycles. The number of carbonyl (C=O) groups excluding carboxylic acids is 2. The number of furan rings is 2. The largest absolute Gasteiger partial charge is 0.457 e. The summed E-state index contributed by atoms with van der Waals surface area (Å²) in [6.45, 7) is 0. The van der Waals surface area contributed by atoms with Crippen molar-refractivity contribution in [1.29, 1.82) is 0 Å². The summed E-state index contributed by atoms with van der Waals surface area (Å²) in [4.78, 5) is 20.0. The molecule has 0 saturated carbocycles. The number of hydrogen-bond acceptors (Lipinski definition) is 4. The zero-order valence-corrected chi connectivity index (χ0v) is 10.8. The molecule has 0 atom stereocenters. The van der Waals surface area contributed by atoms with Gasteiger partial charge in [0.05, 0.1) is 11.8 Å². The van der Waals surface area contributed by atoms with Gasteiger partial charge < -0.3 is 8.83 Å². The Labute approximate surface area is 113 Å². The van der Waals surface area contributed by atoms with Gasteiger partial charge in [-0.1, -0.05) is 0 Å². The molecule has 0 spiro atoms. The number of hydrogen-bond donors (Lipinski definition) is 0. The van der Waals surface area contributed by atoms with Crippen LogP contribution < -0.4 is 0 Å². The molecular weight excluding hydrogens is 279 g/mol. The van der Waals surface area contributed by atoms with Crippen LogP contribution in [0.2, 0.25) is 0 Å². The fourth-order valence-electron chi connectivity index (χ4n) is 1.06. The van der Waals surface area contributed by atoms with Crippen molar-refractivity contribution in [1.82, 2.24) is 0 Å². The van der Waals surface area contributed by atoms with Crippen LogP contribution in [-0.4, -0.2) is 12.6 Å². The molecule has 4 nitrogen and oxygen atoms in total. The first-order valence-electron chi connectivity index (χ1n) is 4.93. The van der Waals surface area contributed by atoms with Crippen LogP contribution in [0.5, 0.6) is 0 Å². The van der Waals surface area contributed by atoms with E-state index in [-0.39, 0.29) is 0 Å². The Hall–Kier alpha value is -1.52. The topological polar surface area (TPSA) is 60.4 Å². The van der Waals surface area contributed by atoms with Gasteiger partial charge in [0.25, 0.3) is 0 Å². The summed E-state index contributed by atoms with van der Waals surface area (Å²) >= 11 is 10.8. The standard InChI is InChI=1S/2C6H5ClO2/c2*7-3-5-1-2-6(4-8)9-5/h2*1-2,4H,3H2. The number of alkyl halides is 2. The lowest BCUT2D eigenvalue weighted by Crippen LogP contribution is -1.69. The Kier molecular flexibility index (Phi) is 6.25. The quantitative estimate of drug-likeness (QED) is 0.636. The molecule has 0 radical (unpaired) electrons. The van der Waals surface area contributed by atoms with Gasteiger partial charge >= 0.3 is 0 Å². The Morgan fingerprint density at radius 2 is 1.22 bits per heavy atom. The van der Waals surface area contributed by atoms with Crippen LogP contribution in [0, 0.1) is 0 Å². The van der Waals surface area contributed by atoms with Crippen LogP contribution in [0.25, 0.3) is 0 Å². The van der Waals surface area contributed by atoms with Crippen molar-refractivity contribution in [3.05, 3.63) is 47.3 Å². The van der Waals surface area contributed by atoms with Crippen LogP contribution >= 0.6 is 23.2 Å². The van der Waals surface area contributed by atoms with E-state index >= 15 is 0 Å². The highest BCUT2D eigenvalue weighted by atomic mass is 35.5. The van der Waals surface area contributed by atoms with Crippen molar-refractivity contribution in [2.24, 2.45) is 0 Å². The number of halogens is 2. The zero-order valence-electron chi connectivity index (χ0n) is 9.27. The fourth-order valence-corrected chi connectivity index (χ4v) is 1.35. The molecule has 2 aromatic heterocycles. The minimum atomic E-state index is 0.313. The summed E-state index contributed by atoms with van der Waals surface area (Å²) in [5.74, 6) is 2.52. The van der Waals surface area contributed by atoms with Crippen molar-refractivity contribution in [3.8, 4) is 0 Å². The predicted molar refractivity (Wildman–Crippen MR) is 67.3 cm³/mol. The van der Waals surface area contributed by atoms with Gasteiger partial charge in [0.15, 0.2) is 24.1 Å². The molecule has 0 aromatic carbocycles. The summed E-state index contributed by atoms with van der Waals surface area (Å²) < 4.78 is 9.76. The van der Waals surface area contributed by atoms with Crippen LogP contribution in [-0.2, 0) is 11.8 Å². The summed E-state index contributed by atoms with van der Waals surface area (Å²) in [7, 11) is 0. The molecule has 6 heteroatoms. The van der Waals surface area contributed by atoms with E-state index in [1.807, 2.05) is 0 Å². The van der Waals surface area contributed by atoms with Gasteiger partial charge in [-0.3, -0.25) is 9.59 Å². The summed E-state index contributed by atoms with van der Waals surface area (Å²) in [5, 5.41) is 0. The van der Waals surface area contributed by atoms with Crippen molar-refractivity contribution in [2.75, 3.05) is 0 Å². The molecule has 2 heterocycles. The van der Waals surface area contributed by atoms with E-state index in [1.54, 1.807) is 24.3 Å². The second-order valence-corrected chi connectivity index (χ2v) is 3.65. The second-order valence-electron chi connectivity index (χ2n) is 3.11. The zero-order chi connectivity index (χ0) is 13.4. The average Bonchev–Trinajstić information content (AvgIpc) is 3.07. The van der Waals surface area contributed by atoms with Gasteiger partial charge in [0.2, 0.25) is 0 Å². The van der Waals surface area contributed by atoms with Crippen molar-refractivity contribution in [3.63, 3.8) is 0 Å². The number of carbonyl (C=O) groups is 2. The molecule has 0 unspecified atom stereocenters. The van der Waals surface area contributed by atoms with Crippen molar-refractivity contribution < 1.29 is 18.4 Å². The van der Waals surface area contributed by atoms with Crippen LogP contribution in [0.3, 0.4) is 0 Å². The van der Waals surface area contributed by atoms with Gasteiger partial charge in [-0.25, -0.2) is 0 Å². The molecule has 0 N–H and O–H groups in total. The summed E-state index contributed by atoms with van der Waals surface area (Å²) in [6.07, 6.45) is 1.30. The Bertz CT molecular complexity index is 455. The molecule has 2 aromatic rings. The maximum absolute atomic E-state index is 10.00. The first kappa shape index (κ1) is 14.5. The predicted octanol–water partition coefficient (Wildman–Crippen LogP) is 3.66. The summed E-state index contributed by atoms with van der Waals surface area (Å²) in [5.41, 5.74) is 0. The molecule has 0 fully saturated rings. The lowest BCUT2D eigenvalue weighted by molar-refractivity contribution is 0.109. The van der Waals surface area contributed by atoms with E-state index in [9.17, 15) is 9.59 Å². The number of aldehydes is 2. The van der Waals surface area contributed by atoms with Gasteiger partial charge in [-0.15, -0.1) is 23.2 Å².